The van der Waals surface area contributed by atoms with Crippen LogP contribution in [0, 0.1) is 0 Å². The minimum Gasteiger partial charge on any atom is -0.480 e. The SMILES string of the molecule is CC(C)(C)OC(=O)NC(CCCc1ccc(N)nn1)C(=O)O. The van der Waals surface area contributed by atoms with Crippen molar-refractivity contribution in [2.24, 2.45) is 0 Å². The molecule has 1 rings (SSSR count). The number of aromatic nitrogens is 2. The molecule has 0 spiro atoms. The lowest BCUT2D eigenvalue weighted by Gasteiger charge is -2.22. The number of amides is 1. The zero-order valence-corrected chi connectivity index (χ0v) is 13.0. The van der Waals surface area contributed by atoms with E-state index < -0.39 is 23.7 Å². The summed E-state index contributed by atoms with van der Waals surface area (Å²) in [6.07, 6.45) is 0.603. The summed E-state index contributed by atoms with van der Waals surface area (Å²) in [4.78, 5) is 22.8. The number of nitrogen functional groups attached to an aromatic ring is 1. The molecule has 0 aliphatic carbocycles. The van der Waals surface area contributed by atoms with E-state index in [2.05, 4.69) is 15.5 Å². The first kappa shape index (κ1) is 17.7. The average Bonchev–Trinajstić information content (AvgIpc) is 2.37. The Bertz CT molecular complexity index is 511. The molecule has 0 aliphatic rings. The first-order valence-corrected chi connectivity index (χ1v) is 6.98. The van der Waals surface area contributed by atoms with Gasteiger partial charge in [-0.2, -0.15) is 5.10 Å². The van der Waals surface area contributed by atoms with Crippen molar-refractivity contribution in [2.45, 2.75) is 51.7 Å². The van der Waals surface area contributed by atoms with Gasteiger partial charge in [0.1, 0.15) is 17.5 Å². The zero-order chi connectivity index (χ0) is 16.8. The lowest BCUT2D eigenvalue weighted by Crippen LogP contribution is -2.43. The van der Waals surface area contributed by atoms with Crippen LogP contribution in [0.3, 0.4) is 0 Å². The van der Waals surface area contributed by atoms with Crippen LogP contribution in [0.4, 0.5) is 10.6 Å². The molecule has 122 valence electrons. The molecule has 0 bridgehead atoms. The number of carbonyl (C=O) groups is 2. The molecule has 0 saturated heterocycles. The molecule has 1 amide bonds. The minimum absolute atomic E-state index is 0.265. The third kappa shape index (κ3) is 6.87. The monoisotopic (exact) mass is 310 g/mol. The highest BCUT2D eigenvalue weighted by Gasteiger charge is 2.23. The van der Waals surface area contributed by atoms with Crippen molar-refractivity contribution in [3.8, 4) is 0 Å². The second-order valence-corrected chi connectivity index (χ2v) is 5.88. The fraction of sp³-hybridized carbons (Fsp3) is 0.571. The normalized spacial score (nSPS) is 12.5. The molecule has 8 nitrogen and oxygen atoms in total. The van der Waals surface area contributed by atoms with Crippen molar-refractivity contribution in [3.63, 3.8) is 0 Å². The highest BCUT2D eigenvalue weighted by atomic mass is 16.6. The molecule has 1 aromatic rings. The standard InChI is InChI=1S/C14H22N4O4/c1-14(2,3)22-13(21)16-10(12(19)20)6-4-5-9-7-8-11(15)18-17-9/h7-8,10H,4-6H2,1-3H3,(H2,15,18)(H,16,21)(H,19,20). The van der Waals surface area contributed by atoms with Crippen LogP contribution < -0.4 is 11.1 Å². The number of hydrogen-bond acceptors (Lipinski definition) is 6. The van der Waals surface area contributed by atoms with Crippen LogP contribution in [0.25, 0.3) is 0 Å². The second kappa shape index (κ2) is 7.58. The molecular formula is C14H22N4O4. The summed E-state index contributed by atoms with van der Waals surface area (Å²) in [5.41, 5.74) is 5.48. The molecule has 1 atom stereocenters. The van der Waals surface area contributed by atoms with E-state index in [4.69, 9.17) is 15.6 Å². The number of aryl methyl sites for hydroxylation is 1. The fourth-order valence-electron chi connectivity index (χ4n) is 1.70. The Morgan fingerprint density at radius 2 is 2.05 bits per heavy atom. The number of aliphatic carboxylic acids is 1. The molecule has 0 fully saturated rings. The van der Waals surface area contributed by atoms with Crippen LogP contribution >= 0.6 is 0 Å². The average molecular weight is 310 g/mol. The van der Waals surface area contributed by atoms with Crippen molar-refractivity contribution in [2.75, 3.05) is 5.73 Å². The summed E-state index contributed by atoms with van der Waals surface area (Å²) in [5, 5.41) is 19.1. The van der Waals surface area contributed by atoms with E-state index in [9.17, 15) is 9.59 Å². The fourth-order valence-corrected chi connectivity index (χ4v) is 1.70. The number of hydrogen-bond donors (Lipinski definition) is 3. The van der Waals surface area contributed by atoms with E-state index in [1.54, 1.807) is 32.9 Å². The van der Waals surface area contributed by atoms with Crippen molar-refractivity contribution in [3.05, 3.63) is 17.8 Å². The van der Waals surface area contributed by atoms with E-state index in [-0.39, 0.29) is 6.42 Å². The minimum atomic E-state index is -1.10. The molecule has 22 heavy (non-hydrogen) atoms. The molecule has 1 aromatic heterocycles. The molecule has 0 radical (unpaired) electrons. The number of rotatable bonds is 6. The number of alkyl carbamates (subject to hydrolysis) is 1. The summed E-state index contributed by atoms with van der Waals surface area (Å²) < 4.78 is 5.05. The van der Waals surface area contributed by atoms with E-state index in [0.717, 1.165) is 5.69 Å². The van der Waals surface area contributed by atoms with Gasteiger partial charge in [-0.1, -0.05) is 0 Å². The topological polar surface area (TPSA) is 127 Å². The quantitative estimate of drug-likeness (QED) is 0.723. The van der Waals surface area contributed by atoms with Crippen LogP contribution in [0.1, 0.15) is 39.3 Å². The Morgan fingerprint density at radius 1 is 1.36 bits per heavy atom. The summed E-state index contributed by atoms with van der Waals surface area (Å²) in [7, 11) is 0. The number of carboxylic acids is 1. The summed E-state index contributed by atoms with van der Waals surface area (Å²) in [5.74, 6) is -0.770. The highest BCUT2D eigenvalue weighted by Crippen LogP contribution is 2.09. The number of nitrogens with zero attached hydrogens (tertiary/aromatic N) is 2. The smallest absolute Gasteiger partial charge is 0.408 e. The van der Waals surface area contributed by atoms with Gasteiger partial charge in [0.15, 0.2) is 0 Å². The summed E-state index contributed by atoms with van der Waals surface area (Å²) in [6.45, 7) is 5.13. The molecule has 1 unspecified atom stereocenters. The van der Waals surface area contributed by atoms with Crippen molar-refractivity contribution in [1.29, 1.82) is 0 Å². The van der Waals surface area contributed by atoms with Gasteiger partial charge in [0.25, 0.3) is 0 Å². The lowest BCUT2D eigenvalue weighted by atomic mass is 10.1. The van der Waals surface area contributed by atoms with Gasteiger partial charge in [-0.3, -0.25) is 0 Å². The van der Waals surface area contributed by atoms with Gasteiger partial charge in [-0.15, -0.1) is 5.10 Å². The Hall–Kier alpha value is -2.38. The van der Waals surface area contributed by atoms with Crippen LogP contribution in [-0.4, -0.2) is 39.0 Å². The van der Waals surface area contributed by atoms with Gasteiger partial charge in [-0.25, -0.2) is 9.59 Å². The Kier molecular flexibility index (Phi) is 6.09. The number of ether oxygens (including phenoxy) is 1. The van der Waals surface area contributed by atoms with Crippen molar-refractivity contribution < 1.29 is 19.4 Å². The van der Waals surface area contributed by atoms with Gasteiger partial charge in [0.05, 0.1) is 5.69 Å². The summed E-state index contributed by atoms with van der Waals surface area (Å²) >= 11 is 0. The first-order chi connectivity index (χ1) is 10.2. The van der Waals surface area contributed by atoms with E-state index in [0.29, 0.717) is 18.7 Å². The van der Waals surface area contributed by atoms with Crippen molar-refractivity contribution in [1.82, 2.24) is 15.5 Å². The number of anilines is 1. The summed E-state index contributed by atoms with van der Waals surface area (Å²) in [6, 6.07) is 2.37. The van der Waals surface area contributed by atoms with Gasteiger partial charge in [0.2, 0.25) is 0 Å². The van der Waals surface area contributed by atoms with Gasteiger partial charge < -0.3 is 20.9 Å². The maximum absolute atomic E-state index is 11.6. The maximum atomic E-state index is 11.6. The predicted molar refractivity (Wildman–Crippen MR) is 80.2 cm³/mol. The molecule has 1 heterocycles. The van der Waals surface area contributed by atoms with Gasteiger partial charge in [-0.05, 0) is 52.2 Å². The Morgan fingerprint density at radius 3 is 2.55 bits per heavy atom. The first-order valence-electron chi connectivity index (χ1n) is 6.98. The Balaban J connectivity index is 2.46. The predicted octanol–water partition coefficient (Wildman–Crippen LogP) is 1.36. The molecule has 0 aliphatic heterocycles. The number of carboxylic acid groups (broad SMARTS) is 1. The number of nitrogens with two attached hydrogens (primary N) is 1. The molecule has 4 N–H and O–H groups in total. The largest absolute Gasteiger partial charge is 0.480 e. The van der Waals surface area contributed by atoms with E-state index in [1.165, 1.54) is 0 Å². The van der Waals surface area contributed by atoms with Crippen LogP contribution in [-0.2, 0) is 16.0 Å². The lowest BCUT2D eigenvalue weighted by molar-refractivity contribution is -0.139. The molecule has 0 saturated carbocycles. The second-order valence-electron chi connectivity index (χ2n) is 5.88. The van der Waals surface area contributed by atoms with Crippen LogP contribution in [0.2, 0.25) is 0 Å². The van der Waals surface area contributed by atoms with E-state index >= 15 is 0 Å². The molecule has 0 aromatic carbocycles. The highest BCUT2D eigenvalue weighted by molar-refractivity contribution is 5.79. The van der Waals surface area contributed by atoms with Crippen LogP contribution in [0.15, 0.2) is 12.1 Å². The maximum Gasteiger partial charge on any atom is 0.408 e. The zero-order valence-electron chi connectivity index (χ0n) is 13.0. The van der Waals surface area contributed by atoms with Crippen LogP contribution in [0.5, 0.6) is 0 Å². The van der Waals surface area contributed by atoms with Crippen molar-refractivity contribution >= 4 is 17.9 Å². The third-order valence-electron chi connectivity index (χ3n) is 2.66. The van der Waals surface area contributed by atoms with Gasteiger partial charge in [0, 0.05) is 0 Å². The van der Waals surface area contributed by atoms with E-state index in [1.807, 2.05) is 0 Å². The Labute approximate surface area is 129 Å². The number of nitrogens with one attached hydrogen (secondary N) is 1. The number of carbonyl (C=O) groups excluding carboxylic acids is 1. The van der Waals surface area contributed by atoms with Gasteiger partial charge >= 0.3 is 12.1 Å². The molecule has 8 heteroatoms. The third-order valence-corrected chi connectivity index (χ3v) is 2.66. The molecular weight excluding hydrogens is 288 g/mol.